The zero-order valence-corrected chi connectivity index (χ0v) is 10.4. The van der Waals surface area contributed by atoms with Gasteiger partial charge in [-0.3, -0.25) is 0 Å². The molecule has 0 rings (SSSR count). The lowest BCUT2D eigenvalue weighted by Crippen LogP contribution is -2.10. The second-order valence-electron chi connectivity index (χ2n) is 5.16. The molecule has 0 aliphatic carbocycles. The maximum atomic E-state index is 2.36. The molecule has 0 N–H and O–H groups in total. The highest BCUT2D eigenvalue weighted by molar-refractivity contribution is 5.13. The molecule has 0 fully saturated rings. The summed E-state index contributed by atoms with van der Waals surface area (Å²) in [5, 5.41) is 0. The van der Waals surface area contributed by atoms with Crippen LogP contribution in [-0.2, 0) is 0 Å². The molecule has 0 aliphatic rings. The molecule has 0 aromatic carbocycles. The maximum Gasteiger partial charge on any atom is -0.0206 e. The minimum Gasteiger partial charge on any atom is -0.0769 e. The second kappa shape index (κ2) is 5.47. The first-order valence-electron chi connectivity index (χ1n) is 5.52. The number of hydrogen-bond acceptors (Lipinski definition) is 0. The molecule has 0 saturated heterocycles. The third kappa shape index (κ3) is 4.50. The van der Waals surface area contributed by atoms with Crippen molar-refractivity contribution in [3.05, 3.63) is 11.1 Å². The fourth-order valence-electron chi connectivity index (χ4n) is 1.69. The van der Waals surface area contributed by atoms with Crippen LogP contribution in [0.4, 0.5) is 0 Å². The Bertz CT molecular complexity index is 168. The minimum atomic E-state index is 0.743. The predicted molar refractivity (Wildman–Crippen MR) is 61.8 cm³/mol. The van der Waals surface area contributed by atoms with Crippen molar-refractivity contribution in [1.82, 2.24) is 0 Å². The zero-order valence-electron chi connectivity index (χ0n) is 10.4. The summed E-state index contributed by atoms with van der Waals surface area (Å²) in [5.74, 6) is 2.29. The second-order valence-corrected chi connectivity index (χ2v) is 5.16. The van der Waals surface area contributed by atoms with Gasteiger partial charge in [0, 0.05) is 0 Å². The normalized spacial score (nSPS) is 13.6. The molecule has 0 heterocycles. The minimum absolute atomic E-state index is 0.743. The molecule has 0 heteroatoms. The van der Waals surface area contributed by atoms with Crippen LogP contribution >= 0.6 is 0 Å². The van der Waals surface area contributed by atoms with Crippen molar-refractivity contribution < 1.29 is 0 Å². The van der Waals surface area contributed by atoms with Crippen molar-refractivity contribution in [2.24, 2.45) is 17.8 Å². The summed E-state index contributed by atoms with van der Waals surface area (Å²) in [6, 6.07) is 0. The van der Waals surface area contributed by atoms with E-state index in [1.54, 1.807) is 5.57 Å². The third-order valence-electron chi connectivity index (χ3n) is 2.82. The Balaban J connectivity index is 4.54. The van der Waals surface area contributed by atoms with Crippen molar-refractivity contribution in [2.45, 2.75) is 54.9 Å². The van der Waals surface area contributed by atoms with E-state index in [9.17, 15) is 0 Å². The molecule has 0 spiro atoms. The van der Waals surface area contributed by atoms with Gasteiger partial charge in [0.05, 0.1) is 0 Å². The van der Waals surface area contributed by atoms with Crippen molar-refractivity contribution >= 4 is 0 Å². The zero-order chi connectivity index (χ0) is 10.6. The van der Waals surface area contributed by atoms with Crippen molar-refractivity contribution in [2.75, 3.05) is 0 Å². The summed E-state index contributed by atoms with van der Waals surface area (Å²) in [5.41, 5.74) is 3.19. The van der Waals surface area contributed by atoms with E-state index in [0.29, 0.717) is 0 Å². The average molecular weight is 182 g/mol. The maximum absolute atomic E-state index is 2.36. The van der Waals surface area contributed by atoms with Gasteiger partial charge in [-0.25, -0.2) is 0 Å². The quantitative estimate of drug-likeness (QED) is 0.555. The molecule has 0 amide bonds. The molecule has 0 saturated carbocycles. The number of rotatable bonds is 4. The fraction of sp³-hybridized carbons (Fsp3) is 0.846. The third-order valence-corrected chi connectivity index (χ3v) is 2.82. The largest absolute Gasteiger partial charge is 0.0769 e. The first-order chi connectivity index (χ1) is 5.86. The van der Waals surface area contributed by atoms with Crippen molar-refractivity contribution in [3.8, 4) is 0 Å². The van der Waals surface area contributed by atoms with Crippen LogP contribution in [-0.4, -0.2) is 0 Å². The first-order valence-corrected chi connectivity index (χ1v) is 5.52. The highest BCUT2D eigenvalue weighted by atomic mass is 14.2. The highest BCUT2D eigenvalue weighted by Crippen LogP contribution is 2.28. The van der Waals surface area contributed by atoms with E-state index >= 15 is 0 Å². The first kappa shape index (κ1) is 12.7. The SMILES string of the molecule is CC(C)=C(CC(C)C)C(C)C(C)C. The highest BCUT2D eigenvalue weighted by Gasteiger charge is 2.14. The van der Waals surface area contributed by atoms with Crippen molar-refractivity contribution in [3.63, 3.8) is 0 Å². The molecule has 0 bridgehead atoms. The van der Waals surface area contributed by atoms with E-state index in [2.05, 4.69) is 48.5 Å². The average Bonchev–Trinajstić information content (AvgIpc) is 1.97. The van der Waals surface area contributed by atoms with Crippen LogP contribution in [0.15, 0.2) is 11.1 Å². The summed E-state index contributed by atoms with van der Waals surface area (Å²) in [4.78, 5) is 0. The smallest absolute Gasteiger partial charge is 0.0206 e. The van der Waals surface area contributed by atoms with Crippen LogP contribution in [0.1, 0.15) is 54.9 Å². The van der Waals surface area contributed by atoms with Crippen LogP contribution in [0.2, 0.25) is 0 Å². The van der Waals surface area contributed by atoms with Gasteiger partial charge in [0.15, 0.2) is 0 Å². The van der Waals surface area contributed by atoms with Crippen LogP contribution in [0, 0.1) is 17.8 Å². The summed E-state index contributed by atoms with van der Waals surface area (Å²) >= 11 is 0. The van der Waals surface area contributed by atoms with E-state index in [1.807, 2.05) is 0 Å². The fourth-order valence-corrected chi connectivity index (χ4v) is 1.69. The Hall–Kier alpha value is -0.260. The van der Waals surface area contributed by atoms with Crippen LogP contribution in [0.25, 0.3) is 0 Å². The van der Waals surface area contributed by atoms with Crippen LogP contribution < -0.4 is 0 Å². The Morgan fingerprint density at radius 3 is 1.62 bits per heavy atom. The Labute approximate surface area is 84.4 Å². The van der Waals surface area contributed by atoms with E-state index in [4.69, 9.17) is 0 Å². The van der Waals surface area contributed by atoms with Gasteiger partial charge in [-0.2, -0.15) is 0 Å². The summed E-state index contributed by atoms with van der Waals surface area (Å²) < 4.78 is 0. The van der Waals surface area contributed by atoms with E-state index in [-0.39, 0.29) is 0 Å². The van der Waals surface area contributed by atoms with Crippen LogP contribution in [0.3, 0.4) is 0 Å². The summed E-state index contributed by atoms with van der Waals surface area (Å²) in [7, 11) is 0. The van der Waals surface area contributed by atoms with E-state index in [1.165, 1.54) is 12.0 Å². The molecule has 0 aromatic rings. The Kier molecular flexibility index (Phi) is 5.36. The molecule has 1 atom stereocenters. The van der Waals surface area contributed by atoms with Gasteiger partial charge in [0.2, 0.25) is 0 Å². The Morgan fingerprint density at radius 1 is 0.923 bits per heavy atom. The predicted octanol–water partition coefficient (Wildman–Crippen LogP) is 4.66. The number of allylic oxidation sites excluding steroid dienone is 2. The summed E-state index contributed by atoms with van der Waals surface area (Å²) in [6.07, 6.45) is 1.27. The standard InChI is InChI=1S/C13H26/c1-9(2)8-13(11(5)6)12(7)10(3)4/h9-10,12H,8H2,1-7H3. The molecule has 0 radical (unpaired) electrons. The molecular formula is C13H26. The lowest BCUT2D eigenvalue weighted by atomic mass is 9.83. The van der Waals surface area contributed by atoms with Gasteiger partial charge in [-0.05, 0) is 38.0 Å². The van der Waals surface area contributed by atoms with Gasteiger partial charge in [0.25, 0.3) is 0 Å². The van der Waals surface area contributed by atoms with Gasteiger partial charge in [-0.1, -0.05) is 45.8 Å². The van der Waals surface area contributed by atoms with Gasteiger partial charge in [-0.15, -0.1) is 0 Å². The van der Waals surface area contributed by atoms with E-state index in [0.717, 1.165) is 17.8 Å². The van der Waals surface area contributed by atoms with E-state index < -0.39 is 0 Å². The topological polar surface area (TPSA) is 0 Å². The Morgan fingerprint density at radius 2 is 1.38 bits per heavy atom. The molecule has 13 heavy (non-hydrogen) atoms. The monoisotopic (exact) mass is 182 g/mol. The molecule has 1 unspecified atom stereocenters. The molecule has 0 aromatic heterocycles. The lowest BCUT2D eigenvalue weighted by molar-refractivity contribution is 0.444. The van der Waals surface area contributed by atoms with Gasteiger partial charge >= 0.3 is 0 Å². The van der Waals surface area contributed by atoms with Crippen molar-refractivity contribution in [1.29, 1.82) is 0 Å². The van der Waals surface area contributed by atoms with Crippen LogP contribution in [0.5, 0.6) is 0 Å². The molecular weight excluding hydrogens is 156 g/mol. The molecule has 0 nitrogen and oxygen atoms in total. The van der Waals surface area contributed by atoms with Gasteiger partial charge < -0.3 is 0 Å². The molecule has 0 aliphatic heterocycles. The number of hydrogen-bond donors (Lipinski definition) is 0. The lowest BCUT2D eigenvalue weighted by Gasteiger charge is -2.23. The summed E-state index contributed by atoms with van der Waals surface area (Å²) in [6.45, 7) is 16.1. The van der Waals surface area contributed by atoms with Gasteiger partial charge in [0.1, 0.15) is 0 Å². The molecule has 78 valence electrons.